The molecule has 3 rings (SSSR count). The summed E-state index contributed by atoms with van der Waals surface area (Å²) in [6, 6.07) is 2.32. The summed E-state index contributed by atoms with van der Waals surface area (Å²) in [6.45, 7) is 15.8. The Labute approximate surface area is 218 Å². The van der Waals surface area contributed by atoms with Crippen molar-refractivity contribution in [2.24, 2.45) is 34.5 Å². The van der Waals surface area contributed by atoms with Gasteiger partial charge in [-0.15, -0.1) is 0 Å². The van der Waals surface area contributed by atoms with E-state index in [0.717, 1.165) is 64.4 Å². The maximum absolute atomic E-state index is 12.4. The largest absolute Gasteiger partial charge is 0.463 e. The quantitative estimate of drug-likeness (QED) is 0.196. The SMILES string of the molecule is C=C1C(COCCCC)C[C@H]2[C@H](OC(C)=O)[C@@H]([C@@]3(C)CC[C@H](OC(C)=O)C[C@@H]3CCC#N)CC[C@]12C. The first kappa shape index (κ1) is 28.7. The molecular formula is C30H47NO5. The molecule has 3 saturated carbocycles. The van der Waals surface area contributed by atoms with Crippen molar-refractivity contribution in [1.82, 2.24) is 0 Å². The van der Waals surface area contributed by atoms with E-state index in [0.29, 0.717) is 13.0 Å². The Morgan fingerprint density at radius 1 is 1.08 bits per heavy atom. The van der Waals surface area contributed by atoms with Crippen LogP contribution in [0.4, 0.5) is 0 Å². The van der Waals surface area contributed by atoms with E-state index in [1.165, 1.54) is 19.4 Å². The van der Waals surface area contributed by atoms with Crippen molar-refractivity contribution in [3.63, 3.8) is 0 Å². The van der Waals surface area contributed by atoms with Gasteiger partial charge in [0.25, 0.3) is 0 Å². The molecule has 1 unspecified atom stereocenters. The van der Waals surface area contributed by atoms with E-state index in [2.05, 4.69) is 33.4 Å². The van der Waals surface area contributed by atoms with E-state index < -0.39 is 0 Å². The highest BCUT2D eigenvalue weighted by atomic mass is 16.5. The van der Waals surface area contributed by atoms with Gasteiger partial charge < -0.3 is 14.2 Å². The third-order valence-electron chi connectivity index (χ3n) is 9.88. The monoisotopic (exact) mass is 501 g/mol. The summed E-state index contributed by atoms with van der Waals surface area (Å²) in [5.41, 5.74) is 1.10. The summed E-state index contributed by atoms with van der Waals surface area (Å²) >= 11 is 0. The summed E-state index contributed by atoms with van der Waals surface area (Å²) in [5, 5.41) is 9.35. The number of fused-ring (bicyclic) bond motifs is 1. The molecule has 0 saturated heterocycles. The summed E-state index contributed by atoms with van der Waals surface area (Å²) in [5.74, 6) is 0.468. The number of carbonyl (C=O) groups is 2. The maximum Gasteiger partial charge on any atom is 0.302 e. The summed E-state index contributed by atoms with van der Waals surface area (Å²) in [4.78, 5) is 24.1. The fourth-order valence-electron chi connectivity index (χ4n) is 7.75. The van der Waals surface area contributed by atoms with Crippen molar-refractivity contribution in [1.29, 1.82) is 5.26 Å². The Morgan fingerprint density at radius 3 is 2.44 bits per heavy atom. The minimum Gasteiger partial charge on any atom is -0.463 e. The van der Waals surface area contributed by atoms with Gasteiger partial charge in [-0.2, -0.15) is 5.26 Å². The highest BCUT2D eigenvalue weighted by molar-refractivity contribution is 5.66. The van der Waals surface area contributed by atoms with Crippen molar-refractivity contribution in [2.75, 3.05) is 13.2 Å². The molecule has 8 atom stereocenters. The second-order valence-electron chi connectivity index (χ2n) is 12.0. The van der Waals surface area contributed by atoms with E-state index in [-0.39, 0.29) is 58.6 Å². The van der Waals surface area contributed by atoms with Gasteiger partial charge in [0.2, 0.25) is 0 Å². The average molecular weight is 502 g/mol. The molecule has 6 heteroatoms. The highest BCUT2D eigenvalue weighted by Gasteiger charge is 2.60. The fourth-order valence-corrected chi connectivity index (χ4v) is 7.75. The van der Waals surface area contributed by atoms with Gasteiger partial charge >= 0.3 is 11.9 Å². The van der Waals surface area contributed by atoms with Gasteiger partial charge in [-0.05, 0) is 68.1 Å². The van der Waals surface area contributed by atoms with Crippen LogP contribution in [0.15, 0.2) is 12.2 Å². The number of hydrogen-bond acceptors (Lipinski definition) is 6. The van der Waals surface area contributed by atoms with Crippen molar-refractivity contribution in [3.8, 4) is 6.07 Å². The lowest BCUT2D eigenvalue weighted by atomic mass is 9.51. The van der Waals surface area contributed by atoms with Gasteiger partial charge in [0.15, 0.2) is 0 Å². The Kier molecular flexibility index (Phi) is 9.66. The lowest BCUT2D eigenvalue weighted by Crippen LogP contribution is -2.54. The summed E-state index contributed by atoms with van der Waals surface area (Å²) in [6.07, 6.45) is 8.56. The van der Waals surface area contributed by atoms with E-state index >= 15 is 0 Å². The molecule has 0 aliphatic heterocycles. The van der Waals surface area contributed by atoms with Crippen LogP contribution in [0, 0.1) is 45.8 Å². The molecule has 0 aromatic heterocycles. The van der Waals surface area contributed by atoms with Crippen LogP contribution in [-0.4, -0.2) is 37.4 Å². The van der Waals surface area contributed by atoms with Crippen molar-refractivity contribution < 1.29 is 23.8 Å². The molecule has 0 amide bonds. The van der Waals surface area contributed by atoms with Crippen LogP contribution in [0.1, 0.15) is 98.8 Å². The topological polar surface area (TPSA) is 85.6 Å². The van der Waals surface area contributed by atoms with Gasteiger partial charge in [0.05, 0.1) is 12.7 Å². The second-order valence-corrected chi connectivity index (χ2v) is 12.0. The molecule has 3 aliphatic rings. The first-order valence-corrected chi connectivity index (χ1v) is 14.0. The Balaban J connectivity index is 1.87. The molecule has 0 bridgehead atoms. The number of ether oxygens (including phenoxy) is 3. The van der Waals surface area contributed by atoms with Crippen molar-refractivity contribution in [2.45, 2.75) is 111 Å². The van der Waals surface area contributed by atoms with Gasteiger partial charge in [-0.3, -0.25) is 9.59 Å². The summed E-state index contributed by atoms with van der Waals surface area (Å²) < 4.78 is 17.8. The van der Waals surface area contributed by atoms with Crippen LogP contribution in [0.2, 0.25) is 0 Å². The number of nitrogens with zero attached hydrogens (tertiary/aromatic N) is 1. The van der Waals surface area contributed by atoms with Gasteiger partial charge in [-0.1, -0.05) is 39.3 Å². The number of unbranched alkanes of at least 4 members (excludes halogenated alkanes) is 1. The molecule has 36 heavy (non-hydrogen) atoms. The predicted octanol–water partition coefficient (Wildman–Crippen LogP) is 6.39. The molecule has 0 spiro atoms. The molecular weight excluding hydrogens is 454 g/mol. The zero-order chi connectivity index (χ0) is 26.5. The predicted molar refractivity (Wildman–Crippen MR) is 139 cm³/mol. The van der Waals surface area contributed by atoms with Gasteiger partial charge in [0, 0.05) is 44.6 Å². The number of carbonyl (C=O) groups excluding carboxylic acids is 2. The fraction of sp³-hybridized carbons (Fsp3) is 0.833. The zero-order valence-electron chi connectivity index (χ0n) is 23.1. The Bertz CT molecular complexity index is 849. The number of esters is 2. The van der Waals surface area contributed by atoms with E-state index in [1.807, 2.05) is 0 Å². The van der Waals surface area contributed by atoms with Crippen LogP contribution < -0.4 is 0 Å². The molecule has 0 N–H and O–H groups in total. The second kappa shape index (κ2) is 12.1. The number of hydrogen-bond donors (Lipinski definition) is 0. The zero-order valence-corrected chi connectivity index (χ0v) is 23.1. The molecule has 6 nitrogen and oxygen atoms in total. The smallest absolute Gasteiger partial charge is 0.302 e. The number of rotatable bonds is 10. The minimum atomic E-state index is -0.245. The van der Waals surface area contributed by atoms with Gasteiger partial charge in [-0.25, -0.2) is 0 Å². The van der Waals surface area contributed by atoms with Crippen LogP contribution in [0.5, 0.6) is 0 Å². The van der Waals surface area contributed by atoms with E-state index in [1.54, 1.807) is 0 Å². The van der Waals surface area contributed by atoms with Crippen LogP contribution >= 0.6 is 0 Å². The van der Waals surface area contributed by atoms with E-state index in [9.17, 15) is 14.9 Å². The van der Waals surface area contributed by atoms with Crippen molar-refractivity contribution >= 4 is 11.9 Å². The lowest BCUT2D eigenvalue weighted by Gasteiger charge is -2.56. The third kappa shape index (κ3) is 5.98. The molecule has 0 aromatic carbocycles. The van der Waals surface area contributed by atoms with Crippen LogP contribution in [0.3, 0.4) is 0 Å². The van der Waals surface area contributed by atoms with Crippen LogP contribution in [0.25, 0.3) is 0 Å². The maximum atomic E-state index is 12.4. The molecule has 0 aromatic rings. The number of nitriles is 1. The van der Waals surface area contributed by atoms with Crippen LogP contribution in [-0.2, 0) is 23.8 Å². The molecule has 0 radical (unpaired) electrons. The Hall–Kier alpha value is -1.87. The molecule has 3 fully saturated rings. The Morgan fingerprint density at radius 2 is 1.81 bits per heavy atom. The standard InChI is InChI=1S/C30H47NO5/c1-7-8-16-34-19-23-17-27-28(36-22(4)33)26(12-14-29(27,5)20(23)2)30(6)13-11-25(35-21(3)32)18-24(30)10-9-15-31/h23-28H,2,7-14,16-19H2,1,3-6H3/t23?,24-,25-,26-,27-,28+,29+,30-/m0/s1. The normalized spacial score (nSPS) is 38.2. The van der Waals surface area contributed by atoms with Crippen molar-refractivity contribution in [3.05, 3.63) is 12.2 Å². The molecule has 202 valence electrons. The summed E-state index contributed by atoms with van der Waals surface area (Å²) in [7, 11) is 0. The first-order chi connectivity index (χ1) is 17.1. The molecule has 0 heterocycles. The van der Waals surface area contributed by atoms with E-state index in [4.69, 9.17) is 14.2 Å². The minimum absolute atomic E-state index is 0.0666. The first-order valence-electron chi connectivity index (χ1n) is 14.0. The molecule has 3 aliphatic carbocycles. The average Bonchev–Trinajstić information content (AvgIpc) is 3.07. The third-order valence-corrected chi connectivity index (χ3v) is 9.88. The van der Waals surface area contributed by atoms with Gasteiger partial charge in [0.1, 0.15) is 12.2 Å². The highest BCUT2D eigenvalue weighted by Crippen LogP contribution is 2.63. The lowest BCUT2D eigenvalue weighted by molar-refractivity contribution is -0.176.